The van der Waals surface area contributed by atoms with Gasteiger partial charge in [0, 0.05) is 5.37 Å². The molecule has 72 valence electrons. The molecule has 1 heteroatoms. The number of thiocarbonyl (C=S) groups is 1. The third kappa shape index (κ3) is 16.3. The van der Waals surface area contributed by atoms with Crippen LogP contribution in [0, 0.1) is 0 Å². The van der Waals surface area contributed by atoms with Crippen molar-refractivity contribution in [3.05, 3.63) is 24.3 Å². The van der Waals surface area contributed by atoms with Crippen molar-refractivity contribution >= 4 is 17.6 Å². The lowest BCUT2D eigenvalue weighted by atomic mass is 10.2. The summed E-state index contributed by atoms with van der Waals surface area (Å²) >= 11 is 4.70. The Morgan fingerprint density at radius 3 is 1.75 bits per heavy atom. The van der Waals surface area contributed by atoms with Crippen molar-refractivity contribution in [1.29, 1.82) is 0 Å². The van der Waals surface area contributed by atoms with Crippen molar-refractivity contribution in [2.75, 3.05) is 0 Å². The predicted octanol–water partition coefficient (Wildman–Crippen LogP) is 4.56. The van der Waals surface area contributed by atoms with Crippen LogP contribution in [0.15, 0.2) is 24.3 Å². The molecule has 0 atom stereocenters. The highest BCUT2D eigenvalue weighted by Gasteiger charge is 1.80. The van der Waals surface area contributed by atoms with Gasteiger partial charge in [0.25, 0.3) is 0 Å². The minimum atomic E-state index is 0.996. The van der Waals surface area contributed by atoms with Crippen LogP contribution in [-0.2, 0) is 0 Å². The molecule has 0 aliphatic rings. The van der Waals surface area contributed by atoms with E-state index >= 15 is 0 Å². The number of rotatable bonds is 3. The summed E-state index contributed by atoms with van der Waals surface area (Å²) in [7, 11) is 0. The maximum Gasteiger partial charge on any atom is 0.00455 e. The van der Waals surface area contributed by atoms with Crippen LogP contribution < -0.4 is 0 Å². The minimum absolute atomic E-state index is 0.996. The van der Waals surface area contributed by atoms with Crippen LogP contribution in [0.25, 0.3) is 0 Å². The lowest BCUT2D eigenvalue weighted by Gasteiger charge is -1.87. The second kappa shape index (κ2) is 22.4. The molecule has 0 bridgehead atoms. The van der Waals surface area contributed by atoms with E-state index in [1.165, 1.54) is 0 Å². The topological polar surface area (TPSA) is 0 Å². The molecular formula is C11H22S. The molecule has 0 fully saturated rings. The molecule has 0 aliphatic carbocycles. The van der Waals surface area contributed by atoms with Crippen LogP contribution in [0.1, 0.15) is 41.0 Å². The van der Waals surface area contributed by atoms with E-state index in [4.69, 9.17) is 12.2 Å². The van der Waals surface area contributed by atoms with E-state index in [-0.39, 0.29) is 0 Å². The molecule has 0 saturated carbocycles. The Balaban J connectivity index is -0.000000175. The van der Waals surface area contributed by atoms with Gasteiger partial charge in [0.2, 0.25) is 0 Å². The van der Waals surface area contributed by atoms with E-state index in [2.05, 4.69) is 13.5 Å². The predicted molar refractivity (Wildman–Crippen MR) is 64.9 cm³/mol. The molecule has 0 radical (unpaired) electrons. The van der Waals surface area contributed by atoms with Crippen LogP contribution in [0.5, 0.6) is 0 Å². The zero-order chi connectivity index (χ0) is 10.4. The molecular weight excluding hydrogens is 164 g/mol. The van der Waals surface area contributed by atoms with E-state index in [0.29, 0.717) is 0 Å². The SMILES string of the molecule is C=C/C=C(/C=S)CC.CC.CC. The Morgan fingerprint density at radius 1 is 1.25 bits per heavy atom. The first-order valence-corrected chi connectivity index (χ1v) is 5.09. The van der Waals surface area contributed by atoms with Gasteiger partial charge < -0.3 is 0 Å². The van der Waals surface area contributed by atoms with Gasteiger partial charge in [-0.05, 0) is 12.0 Å². The highest BCUT2D eigenvalue weighted by Crippen LogP contribution is 1.95. The van der Waals surface area contributed by atoms with Gasteiger partial charge in [-0.2, -0.15) is 0 Å². The standard InChI is InChI=1S/C7H10S.2C2H6/c1-3-5-7(4-2)6-8;2*1-2/h3,5-6H,1,4H2,2H3;2*1-2H3/b7-5+;;. The average Bonchev–Trinajstić information content (AvgIpc) is 2.20. The van der Waals surface area contributed by atoms with Gasteiger partial charge in [0.05, 0.1) is 0 Å². The summed E-state index contributed by atoms with van der Waals surface area (Å²) in [5, 5.41) is 1.68. The molecule has 0 amide bonds. The van der Waals surface area contributed by atoms with Crippen LogP contribution in [0.4, 0.5) is 0 Å². The number of allylic oxidation sites excluding steroid dienone is 3. The largest absolute Gasteiger partial charge is 0.0991 e. The van der Waals surface area contributed by atoms with Crippen LogP contribution in [0.3, 0.4) is 0 Å². The molecule has 0 N–H and O–H groups in total. The van der Waals surface area contributed by atoms with E-state index in [0.717, 1.165) is 12.0 Å². The smallest absolute Gasteiger partial charge is 0.00455 e. The van der Waals surface area contributed by atoms with Gasteiger partial charge in [-0.1, -0.05) is 65.6 Å². The molecule has 0 aromatic rings. The quantitative estimate of drug-likeness (QED) is 0.354. The fraction of sp³-hybridized carbons (Fsp3) is 0.545. The zero-order valence-electron chi connectivity index (χ0n) is 9.05. The van der Waals surface area contributed by atoms with Gasteiger partial charge in [-0.3, -0.25) is 0 Å². The Bertz CT molecular complexity index is 112. The van der Waals surface area contributed by atoms with Crippen molar-refractivity contribution in [3.63, 3.8) is 0 Å². The molecule has 0 rings (SSSR count). The van der Waals surface area contributed by atoms with Gasteiger partial charge >= 0.3 is 0 Å². The first-order chi connectivity index (χ1) is 5.85. The number of hydrogen-bond acceptors (Lipinski definition) is 1. The zero-order valence-corrected chi connectivity index (χ0v) is 9.87. The van der Waals surface area contributed by atoms with Gasteiger partial charge in [0.15, 0.2) is 0 Å². The first kappa shape index (κ1) is 17.6. The van der Waals surface area contributed by atoms with E-state index in [1.807, 2.05) is 33.8 Å². The maximum atomic E-state index is 4.70. The Hall–Kier alpha value is -0.430. The van der Waals surface area contributed by atoms with Crippen LogP contribution in [0.2, 0.25) is 0 Å². The van der Waals surface area contributed by atoms with Crippen molar-refractivity contribution in [2.45, 2.75) is 41.0 Å². The highest BCUT2D eigenvalue weighted by molar-refractivity contribution is 7.79. The molecule has 0 aromatic heterocycles. The maximum absolute atomic E-state index is 4.70. The van der Waals surface area contributed by atoms with Gasteiger partial charge in [-0.15, -0.1) is 0 Å². The van der Waals surface area contributed by atoms with Gasteiger partial charge in [0.1, 0.15) is 0 Å². The summed E-state index contributed by atoms with van der Waals surface area (Å²) in [5.41, 5.74) is 1.16. The normalized spacial score (nSPS) is 8.25. The molecule has 12 heavy (non-hydrogen) atoms. The summed E-state index contributed by atoms with van der Waals surface area (Å²) < 4.78 is 0. The third-order valence-electron chi connectivity index (χ3n) is 0.892. The highest BCUT2D eigenvalue weighted by atomic mass is 32.1. The van der Waals surface area contributed by atoms with E-state index in [1.54, 1.807) is 11.4 Å². The fourth-order valence-electron chi connectivity index (χ4n) is 0.392. The Labute approximate surface area is 83.4 Å². The summed E-state index contributed by atoms with van der Waals surface area (Å²) in [6.07, 6.45) is 4.67. The molecule has 0 unspecified atom stereocenters. The summed E-state index contributed by atoms with van der Waals surface area (Å²) in [6.45, 7) is 13.6. The lowest BCUT2D eigenvalue weighted by molar-refractivity contribution is 1.19. The Kier molecular flexibility index (Phi) is 32.9. The van der Waals surface area contributed by atoms with Crippen LogP contribution >= 0.6 is 12.2 Å². The molecule has 0 saturated heterocycles. The second-order valence-corrected chi connectivity index (χ2v) is 1.68. The lowest BCUT2D eigenvalue weighted by Crippen LogP contribution is -1.75. The van der Waals surface area contributed by atoms with Crippen molar-refractivity contribution in [1.82, 2.24) is 0 Å². The van der Waals surface area contributed by atoms with Crippen molar-refractivity contribution in [2.24, 2.45) is 0 Å². The molecule has 0 nitrogen and oxygen atoms in total. The van der Waals surface area contributed by atoms with Crippen LogP contribution in [-0.4, -0.2) is 5.37 Å². The summed E-state index contributed by atoms with van der Waals surface area (Å²) in [4.78, 5) is 0. The second-order valence-electron chi connectivity index (χ2n) is 1.45. The van der Waals surface area contributed by atoms with E-state index < -0.39 is 0 Å². The monoisotopic (exact) mass is 186 g/mol. The van der Waals surface area contributed by atoms with E-state index in [9.17, 15) is 0 Å². The number of hydrogen-bond donors (Lipinski definition) is 0. The minimum Gasteiger partial charge on any atom is -0.0991 e. The average molecular weight is 186 g/mol. The third-order valence-corrected chi connectivity index (χ3v) is 1.19. The first-order valence-electron chi connectivity index (χ1n) is 4.62. The molecule has 0 heterocycles. The fourth-order valence-corrected chi connectivity index (χ4v) is 0.637. The Morgan fingerprint density at radius 2 is 1.67 bits per heavy atom. The molecule has 0 aliphatic heterocycles. The summed E-state index contributed by atoms with van der Waals surface area (Å²) in [6, 6.07) is 0. The van der Waals surface area contributed by atoms with Crippen molar-refractivity contribution in [3.8, 4) is 0 Å². The molecule has 0 aromatic carbocycles. The van der Waals surface area contributed by atoms with Crippen molar-refractivity contribution < 1.29 is 0 Å². The van der Waals surface area contributed by atoms with Gasteiger partial charge in [-0.25, -0.2) is 0 Å². The molecule has 0 spiro atoms. The summed E-state index contributed by atoms with van der Waals surface area (Å²) in [5.74, 6) is 0.